The maximum Gasteiger partial charge on any atom is 0.321 e. The molecule has 128 valence electrons. The van der Waals surface area contributed by atoms with Gasteiger partial charge in [-0.05, 0) is 53.8 Å². The van der Waals surface area contributed by atoms with Gasteiger partial charge in [0.1, 0.15) is 11.5 Å². The number of nitrogens with zero attached hydrogens (tertiary/aromatic N) is 2. The minimum absolute atomic E-state index is 0.213. The van der Waals surface area contributed by atoms with Crippen molar-refractivity contribution >= 4 is 38.5 Å². The average molecular weight is 463 g/mol. The van der Waals surface area contributed by atoms with Crippen molar-refractivity contribution in [2.24, 2.45) is 0 Å². The van der Waals surface area contributed by atoms with Gasteiger partial charge in [0.2, 0.25) is 10.0 Å². The van der Waals surface area contributed by atoms with E-state index in [1.54, 1.807) is 36.7 Å². The van der Waals surface area contributed by atoms with Crippen LogP contribution in [0.25, 0.3) is 0 Å². The first-order valence-corrected chi connectivity index (χ1v) is 9.64. The molecule has 2 rings (SSSR count). The fourth-order valence-corrected chi connectivity index (χ4v) is 2.38. The largest absolute Gasteiger partial charge is 0.481 e. The lowest BCUT2D eigenvalue weighted by molar-refractivity contribution is -0.125. The van der Waals surface area contributed by atoms with Crippen LogP contribution in [0.5, 0.6) is 17.5 Å². The molecule has 1 aromatic heterocycles. The summed E-state index contributed by atoms with van der Waals surface area (Å²) >= 11 is 2.09. The third-order valence-electron chi connectivity index (χ3n) is 2.60. The molecule has 0 aliphatic rings. The summed E-state index contributed by atoms with van der Waals surface area (Å²) < 4.78 is 35.6. The molecule has 24 heavy (non-hydrogen) atoms. The summed E-state index contributed by atoms with van der Waals surface area (Å²) in [6.07, 6.45) is 3.19. The Hall–Kier alpha value is -1.95. The molecule has 0 saturated heterocycles. The Morgan fingerprint density at radius 1 is 1.17 bits per heavy atom. The van der Waals surface area contributed by atoms with Crippen molar-refractivity contribution in [1.82, 2.24) is 14.7 Å². The Kier molecular flexibility index (Phi) is 5.94. The maximum atomic E-state index is 11.6. The lowest BCUT2D eigenvalue weighted by atomic mass is 10.3. The van der Waals surface area contributed by atoms with Gasteiger partial charge in [-0.25, -0.2) is 18.4 Å². The molecule has 1 aromatic carbocycles. The highest BCUT2D eigenvalue weighted by molar-refractivity contribution is 14.1. The summed E-state index contributed by atoms with van der Waals surface area (Å²) in [6, 6.07) is 6.64. The Morgan fingerprint density at radius 2 is 1.71 bits per heavy atom. The summed E-state index contributed by atoms with van der Waals surface area (Å²) in [5.41, 5.74) is 0. The van der Waals surface area contributed by atoms with E-state index in [-0.39, 0.29) is 6.01 Å². The van der Waals surface area contributed by atoms with Crippen LogP contribution >= 0.6 is 22.6 Å². The van der Waals surface area contributed by atoms with Crippen molar-refractivity contribution in [2.45, 2.75) is 13.0 Å². The summed E-state index contributed by atoms with van der Waals surface area (Å²) in [5.74, 6) is 0.143. The zero-order valence-corrected chi connectivity index (χ0v) is 15.7. The van der Waals surface area contributed by atoms with Gasteiger partial charge >= 0.3 is 6.01 Å². The van der Waals surface area contributed by atoms with E-state index in [4.69, 9.17) is 9.47 Å². The smallest absolute Gasteiger partial charge is 0.321 e. The minimum Gasteiger partial charge on any atom is -0.481 e. The van der Waals surface area contributed by atoms with Crippen LogP contribution < -0.4 is 14.2 Å². The monoisotopic (exact) mass is 463 g/mol. The molecule has 2 aromatic rings. The summed E-state index contributed by atoms with van der Waals surface area (Å²) in [4.78, 5) is 19.7. The fraction of sp³-hybridized carbons (Fsp3) is 0.214. The molecule has 0 aliphatic carbocycles. The molecular formula is C14H14IN3O5S. The van der Waals surface area contributed by atoms with Crippen LogP contribution in [0.1, 0.15) is 6.92 Å². The number of benzene rings is 1. The summed E-state index contributed by atoms with van der Waals surface area (Å²) in [7, 11) is -3.62. The predicted molar refractivity (Wildman–Crippen MR) is 94.3 cm³/mol. The SMILES string of the molecule is CC(Oc1ccc(Oc2ncc(I)cn2)cc1)C(=O)NS(C)(=O)=O. The molecule has 1 amide bonds. The molecule has 0 aliphatic heterocycles. The maximum absolute atomic E-state index is 11.6. The Morgan fingerprint density at radius 3 is 2.25 bits per heavy atom. The van der Waals surface area contributed by atoms with Gasteiger partial charge in [0.05, 0.1) is 6.26 Å². The standard InChI is InChI=1S/C14H14IN3O5S/c1-9(13(19)18-24(2,20)21)22-11-3-5-12(6-4-11)23-14-16-7-10(15)8-17-14/h3-9H,1-2H3,(H,18,19). The molecule has 0 spiro atoms. The highest BCUT2D eigenvalue weighted by Crippen LogP contribution is 2.22. The van der Waals surface area contributed by atoms with E-state index in [0.29, 0.717) is 11.5 Å². The minimum atomic E-state index is -3.62. The number of aromatic nitrogens is 2. The van der Waals surface area contributed by atoms with Crippen LogP contribution in [0.15, 0.2) is 36.7 Å². The zero-order chi connectivity index (χ0) is 17.7. The van der Waals surface area contributed by atoms with E-state index >= 15 is 0 Å². The van der Waals surface area contributed by atoms with Gasteiger partial charge in [-0.2, -0.15) is 0 Å². The molecule has 1 N–H and O–H groups in total. The van der Waals surface area contributed by atoms with Crippen LogP contribution in [-0.4, -0.2) is 36.7 Å². The number of carbonyl (C=O) groups is 1. The van der Waals surface area contributed by atoms with Crippen LogP contribution in [0.2, 0.25) is 0 Å². The van der Waals surface area contributed by atoms with Crippen LogP contribution in [0.4, 0.5) is 0 Å². The first-order valence-electron chi connectivity index (χ1n) is 6.67. The molecular weight excluding hydrogens is 449 g/mol. The lowest BCUT2D eigenvalue weighted by Crippen LogP contribution is -2.39. The van der Waals surface area contributed by atoms with Crippen molar-refractivity contribution in [2.75, 3.05) is 6.26 Å². The number of carbonyl (C=O) groups excluding carboxylic acids is 1. The normalized spacial score (nSPS) is 12.3. The number of ether oxygens (including phenoxy) is 2. The van der Waals surface area contributed by atoms with E-state index < -0.39 is 22.0 Å². The molecule has 0 saturated carbocycles. The Labute approximate surface area is 152 Å². The molecule has 1 heterocycles. The first-order chi connectivity index (χ1) is 11.2. The van der Waals surface area contributed by atoms with Gasteiger partial charge in [0.15, 0.2) is 6.10 Å². The third kappa shape index (κ3) is 5.92. The highest BCUT2D eigenvalue weighted by atomic mass is 127. The van der Waals surface area contributed by atoms with Gasteiger partial charge < -0.3 is 9.47 Å². The van der Waals surface area contributed by atoms with Gasteiger partial charge in [0.25, 0.3) is 5.91 Å². The second-order valence-corrected chi connectivity index (χ2v) is 7.75. The van der Waals surface area contributed by atoms with E-state index in [1.165, 1.54) is 6.92 Å². The van der Waals surface area contributed by atoms with Crippen LogP contribution in [0.3, 0.4) is 0 Å². The highest BCUT2D eigenvalue weighted by Gasteiger charge is 2.18. The van der Waals surface area contributed by atoms with E-state index in [2.05, 4.69) is 32.6 Å². The van der Waals surface area contributed by atoms with Crippen molar-refractivity contribution in [3.05, 3.63) is 40.2 Å². The predicted octanol–water partition coefficient (Wildman–Crippen LogP) is 1.72. The molecule has 1 unspecified atom stereocenters. The van der Waals surface area contributed by atoms with Gasteiger partial charge in [0, 0.05) is 16.0 Å². The van der Waals surface area contributed by atoms with Crippen molar-refractivity contribution in [3.63, 3.8) is 0 Å². The molecule has 8 nitrogen and oxygen atoms in total. The van der Waals surface area contributed by atoms with Crippen molar-refractivity contribution in [1.29, 1.82) is 0 Å². The first kappa shape index (κ1) is 18.4. The van der Waals surface area contributed by atoms with Crippen LogP contribution in [-0.2, 0) is 14.8 Å². The quantitative estimate of drug-likeness (QED) is 0.651. The van der Waals surface area contributed by atoms with Gasteiger partial charge in [-0.1, -0.05) is 0 Å². The average Bonchev–Trinajstić information content (AvgIpc) is 2.50. The zero-order valence-electron chi connectivity index (χ0n) is 12.8. The molecule has 0 fully saturated rings. The van der Waals surface area contributed by atoms with E-state index in [1.807, 2.05) is 4.72 Å². The number of halogens is 1. The fourth-order valence-electron chi connectivity index (χ4n) is 1.57. The van der Waals surface area contributed by atoms with E-state index in [9.17, 15) is 13.2 Å². The molecule has 10 heteroatoms. The Balaban J connectivity index is 1.96. The molecule has 1 atom stereocenters. The van der Waals surface area contributed by atoms with Crippen LogP contribution in [0, 0.1) is 3.57 Å². The summed E-state index contributed by atoms with van der Waals surface area (Å²) in [6.45, 7) is 1.45. The second-order valence-electron chi connectivity index (χ2n) is 4.76. The number of amides is 1. The Bertz CT molecular complexity index is 809. The van der Waals surface area contributed by atoms with Crippen molar-refractivity contribution in [3.8, 4) is 17.5 Å². The number of nitrogens with one attached hydrogen (secondary N) is 1. The number of hydrogen-bond donors (Lipinski definition) is 1. The third-order valence-corrected chi connectivity index (χ3v) is 3.73. The van der Waals surface area contributed by atoms with E-state index in [0.717, 1.165) is 9.83 Å². The second kappa shape index (κ2) is 7.75. The number of sulfonamides is 1. The number of hydrogen-bond acceptors (Lipinski definition) is 7. The topological polar surface area (TPSA) is 107 Å². The lowest BCUT2D eigenvalue weighted by Gasteiger charge is -2.14. The molecule has 0 bridgehead atoms. The van der Waals surface area contributed by atoms with Gasteiger partial charge in [-0.15, -0.1) is 0 Å². The summed E-state index contributed by atoms with van der Waals surface area (Å²) in [5, 5.41) is 0. The molecule has 0 radical (unpaired) electrons. The van der Waals surface area contributed by atoms with Gasteiger partial charge in [-0.3, -0.25) is 9.52 Å². The number of rotatable bonds is 6. The van der Waals surface area contributed by atoms with Crippen molar-refractivity contribution < 1.29 is 22.7 Å².